The van der Waals surface area contributed by atoms with Gasteiger partial charge in [-0.3, -0.25) is 9.69 Å². The molecule has 4 saturated carbocycles. The minimum atomic E-state index is -0.457. The fourth-order valence-electron chi connectivity index (χ4n) is 7.89. The smallest absolute Gasteiger partial charge is 0.223 e. The number of nitrogens with zero attached hydrogens (tertiary/aromatic N) is 3. The van der Waals surface area contributed by atoms with Gasteiger partial charge < -0.3 is 14.9 Å². The fraction of sp³-hybridized carbons (Fsp3) is 0.955. The molecule has 152 valence electrons. The van der Waals surface area contributed by atoms with E-state index in [9.17, 15) is 9.90 Å². The van der Waals surface area contributed by atoms with Crippen molar-refractivity contribution in [2.45, 2.75) is 68.9 Å². The number of hydrogen-bond donors (Lipinski definition) is 1. The third kappa shape index (κ3) is 3.14. The highest BCUT2D eigenvalue weighted by Gasteiger charge is 2.58. The van der Waals surface area contributed by atoms with Crippen molar-refractivity contribution in [3.05, 3.63) is 0 Å². The number of carbonyl (C=O) groups is 1. The third-order valence-electron chi connectivity index (χ3n) is 8.95. The van der Waals surface area contributed by atoms with Crippen LogP contribution in [-0.2, 0) is 4.79 Å². The van der Waals surface area contributed by atoms with E-state index in [0.717, 1.165) is 52.0 Å². The number of carbonyl (C=O) groups excluding carboxylic acids is 1. The summed E-state index contributed by atoms with van der Waals surface area (Å²) in [5.41, 5.74) is -0.180. The minimum absolute atomic E-state index is 0.0964. The van der Waals surface area contributed by atoms with Gasteiger partial charge in [0.25, 0.3) is 0 Å². The summed E-state index contributed by atoms with van der Waals surface area (Å²) >= 11 is 0. The van der Waals surface area contributed by atoms with Crippen molar-refractivity contribution < 1.29 is 9.90 Å². The quantitative estimate of drug-likeness (QED) is 0.801. The highest BCUT2D eigenvalue weighted by molar-refractivity contribution is 5.77. The summed E-state index contributed by atoms with van der Waals surface area (Å²) in [4.78, 5) is 20.5. The minimum Gasteiger partial charge on any atom is -0.390 e. The molecule has 6 fully saturated rings. The molecule has 1 spiro atoms. The lowest BCUT2D eigenvalue weighted by Crippen LogP contribution is -2.65. The van der Waals surface area contributed by atoms with E-state index in [-0.39, 0.29) is 11.0 Å². The number of aliphatic hydroxyl groups is 1. The second kappa shape index (κ2) is 6.17. The number of piperidine rings is 1. The van der Waals surface area contributed by atoms with Gasteiger partial charge in [-0.2, -0.15) is 0 Å². The van der Waals surface area contributed by atoms with Crippen LogP contribution in [0.1, 0.15) is 57.8 Å². The molecule has 2 atom stereocenters. The van der Waals surface area contributed by atoms with Crippen LogP contribution in [0.4, 0.5) is 0 Å². The molecule has 0 aromatic heterocycles. The summed E-state index contributed by atoms with van der Waals surface area (Å²) in [7, 11) is 4.46. The summed E-state index contributed by atoms with van der Waals surface area (Å²) in [6.07, 6.45) is 9.53. The molecule has 5 nitrogen and oxygen atoms in total. The molecule has 4 bridgehead atoms. The molecule has 0 aromatic carbocycles. The van der Waals surface area contributed by atoms with Gasteiger partial charge in [0, 0.05) is 31.6 Å². The number of likely N-dealkylation sites (tertiary alicyclic amines) is 1. The Bertz CT molecular complexity index is 599. The first-order valence-corrected chi connectivity index (χ1v) is 11.2. The van der Waals surface area contributed by atoms with Crippen LogP contribution in [0.15, 0.2) is 0 Å². The standard InChI is InChI=1S/C22H37N3O2/c1-23-5-3-21(4-6-23)16-25(8-7-24(21)2)19(26)14-20-10-17-9-18(11-20)13-22(27,12-17)15-20/h17-18,27H,3-16H2,1-2H3/t17-,18-,20?,22?/m0/s1. The van der Waals surface area contributed by atoms with Crippen LogP contribution in [0.25, 0.3) is 0 Å². The van der Waals surface area contributed by atoms with Crippen molar-refractivity contribution in [1.82, 2.24) is 14.7 Å². The Morgan fingerprint density at radius 2 is 1.67 bits per heavy atom. The van der Waals surface area contributed by atoms with Crippen LogP contribution in [-0.4, -0.2) is 83.7 Å². The zero-order chi connectivity index (χ0) is 18.9. The first-order valence-electron chi connectivity index (χ1n) is 11.2. The zero-order valence-corrected chi connectivity index (χ0v) is 17.3. The molecule has 0 aromatic rings. The summed E-state index contributed by atoms with van der Waals surface area (Å²) in [6, 6.07) is 0. The summed E-state index contributed by atoms with van der Waals surface area (Å²) in [5, 5.41) is 11.0. The normalized spacial score (nSPS) is 44.2. The third-order valence-corrected chi connectivity index (χ3v) is 8.95. The van der Waals surface area contributed by atoms with E-state index in [1.807, 2.05) is 0 Å². The van der Waals surface area contributed by atoms with Crippen molar-refractivity contribution in [1.29, 1.82) is 0 Å². The Morgan fingerprint density at radius 1 is 1.00 bits per heavy atom. The molecular formula is C22H37N3O2. The molecular weight excluding hydrogens is 338 g/mol. The maximum absolute atomic E-state index is 13.4. The highest BCUT2D eigenvalue weighted by Crippen LogP contribution is 2.63. The first kappa shape index (κ1) is 18.4. The highest BCUT2D eigenvalue weighted by atomic mass is 16.3. The number of amides is 1. The van der Waals surface area contributed by atoms with E-state index < -0.39 is 5.60 Å². The van der Waals surface area contributed by atoms with Crippen LogP contribution >= 0.6 is 0 Å². The predicted octanol–water partition coefficient (Wildman–Crippen LogP) is 1.95. The summed E-state index contributed by atoms with van der Waals surface area (Å²) in [5.74, 6) is 1.69. The van der Waals surface area contributed by atoms with E-state index in [0.29, 0.717) is 24.2 Å². The van der Waals surface area contributed by atoms with Crippen molar-refractivity contribution in [2.24, 2.45) is 17.3 Å². The average molecular weight is 376 g/mol. The van der Waals surface area contributed by atoms with Crippen molar-refractivity contribution >= 4 is 5.91 Å². The molecule has 0 unspecified atom stereocenters. The van der Waals surface area contributed by atoms with E-state index in [4.69, 9.17) is 0 Å². The number of rotatable bonds is 2. The zero-order valence-electron chi connectivity index (χ0n) is 17.3. The Kier molecular flexibility index (Phi) is 4.20. The first-order chi connectivity index (χ1) is 12.8. The number of hydrogen-bond acceptors (Lipinski definition) is 4. The lowest BCUT2D eigenvalue weighted by Gasteiger charge is -2.60. The van der Waals surface area contributed by atoms with Gasteiger partial charge >= 0.3 is 0 Å². The lowest BCUT2D eigenvalue weighted by atomic mass is 9.47. The summed E-state index contributed by atoms with van der Waals surface area (Å²) in [6.45, 7) is 5.04. The Labute approximate surface area is 164 Å². The van der Waals surface area contributed by atoms with E-state index in [2.05, 4.69) is 28.8 Å². The monoisotopic (exact) mass is 375 g/mol. The van der Waals surface area contributed by atoms with Gasteiger partial charge in [-0.05, 0) is 95.8 Å². The molecule has 0 radical (unpaired) electrons. The van der Waals surface area contributed by atoms with Gasteiger partial charge in [0.2, 0.25) is 5.91 Å². The molecule has 5 heteroatoms. The molecule has 4 aliphatic carbocycles. The second-order valence-corrected chi connectivity index (χ2v) is 11.1. The second-order valence-electron chi connectivity index (χ2n) is 11.1. The SMILES string of the molecule is CN1CCC2(CC1)CN(C(=O)CC13C[C@@H]4C[C@H](CC(O)(C4)C1)C3)CCN2C. The molecule has 2 saturated heterocycles. The van der Waals surface area contributed by atoms with E-state index in [1.165, 1.54) is 32.1 Å². The predicted molar refractivity (Wildman–Crippen MR) is 105 cm³/mol. The van der Waals surface area contributed by atoms with Gasteiger partial charge in [-0.1, -0.05) is 0 Å². The summed E-state index contributed by atoms with van der Waals surface area (Å²) < 4.78 is 0. The largest absolute Gasteiger partial charge is 0.390 e. The van der Waals surface area contributed by atoms with E-state index >= 15 is 0 Å². The number of piperazine rings is 1. The van der Waals surface area contributed by atoms with E-state index in [1.54, 1.807) is 0 Å². The van der Waals surface area contributed by atoms with Gasteiger partial charge in [0.1, 0.15) is 0 Å². The van der Waals surface area contributed by atoms with Crippen LogP contribution in [0.2, 0.25) is 0 Å². The molecule has 1 N–H and O–H groups in total. The Hall–Kier alpha value is -0.650. The maximum Gasteiger partial charge on any atom is 0.223 e. The molecule has 6 rings (SSSR count). The maximum atomic E-state index is 13.4. The van der Waals surface area contributed by atoms with Gasteiger partial charge in [0.05, 0.1) is 5.60 Å². The van der Waals surface area contributed by atoms with Crippen molar-refractivity contribution in [3.8, 4) is 0 Å². The molecule has 6 aliphatic rings. The van der Waals surface area contributed by atoms with Crippen LogP contribution < -0.4 is 0 Å². The topological polar surface area (TPSA) is 47.0 Å². The molecule has 2 aliphatic heterocycles. The lowest BCUT2D eigenvalue weighted by molar-refractivity contribution is -0.173. The molecule has 1 amide bonds. The van der Waals surface area contributed by atoms with Gasteiger partial charge in [0.15, 0.2) is 0 Å². The van der Waals surface area contributed by atoms with Crippen molar-refractivity contribution in [3.63, 3.8) is 0 Å². The number of likely N-dealkylation sites (N-methyl/N-ethyl adjacent to an activating group) is 1. The van der Waals surface area contributed by atoms with Gasteiger partial charge in [-0.25, -0.2) is 0 Å². The fourth-order valence-corrected chi connectivity index (χ4v) is 7.89. The van der Waals surface area contributed by atoms with Crippen molar-refractivity contribution in [2.75, 3.05) is 46.8 Å². The van der Waals surface area contributed by atoms with Crippen LogP contribution in [0, 0.1) is 17.3 Å². The Balaban J connectivity index is 1.29. The van der Waals surface area contributed by atoms with Gasteiger partial charge in [-0.15, -0.1) is 0 Å². The van der Waals surface area contributed by atoms with Crippen LogP contribution in [0.5, 0.6) is 0 Å². The Morgan fingerprint density at radius 3 is 2.30 bits per heavy atom. The molecule has 27 heavy (non-hydrogen) atoms. The van der Waals surface area contributed by atoms with Crippen LogP contribution in [0.3, 0.4) is 0 Å². The molecule has 2 heterocycles. The average Bonchev–Trinajstić information content (AvgIpc) is 2.57.